The Bertz CT molecular complexity index is 2240. The predicted octanol–water partition coefficient (Wildman–Crippen LogP) is 6.52. The summed E-state index contributed by atoms with van der Waals surface area (Å²) in [6.45, 7) is 12.0. The molecule has 15 heteroatoms. The smallest absolute Gasteiger partial charge is 0.417 e. The van der Waals surface area contributed by atoms with Gasteiger partial charge in [-0.3, -0.25) is 39.1 Å². The summed E-state index contributed by atoms with van der Waals surface area (Å²) in [5.74, 6) is -2.25. The highest BCUT2D eigenvalue weighted by Gasteiger charge is 2.64. The molecule has 3 heterocycles. The number of imide groups is 2. The number of carbonyl (C=O) groups is 5. The number of amides is 5. The van der Waals surface area contributed by atoms with E-state index in [1.165, 1.54) is 6.07 Å². The van der Waals surface area contributed by atoms with Gasteiger partial charge in [-0.25, -0.2) is 0 Å². The lowest BCUT2D eigenvalue weighted by atomic mass is 9.49. The summed E-state index contributed by atoms with van der Waals surface area (Å²) in [5, 5.41) is 14.5. The fourth-order valence-corrected chi connectivity index (χ4v) is 9.81. The van der Waals surface area contributed by atoms with Crippen LogP contribution in [0.5, 0.6) is 5.75 Å². The first-order chi connectivity index (χ1) is 28.9. The van der Waals surface area contributed by atoms with Crippen LogP contribution in [-0.4, -0.2) is 90.2 Å². The van der Waals surface area contributed by atoms with Gasteiger partial charge >= 0.3 is 6.18 Å². The highest BCUT2D eigenvalue weighted by atomic mass is 19.4. The summed E-state index contributed by atoms with van der Waals surface area (Å²) < 4.78 is 46.8. The van der Waals surface area contributed by atoms with E-state index in [0.717, 1.165) is 93.1 Å². The number of nitrogens with zero attached hydrogens (tertiary/aromatic N) is 4. The molecule has 1 saturated carbocycles. The topological polar surface area (TPSA) is 152 Å². The number of fused-ring (bicyclic) bond motifs is 1. The zero-order chi connectivity index (χ0) is 43.9. The molecule has 322 valence electrons. The number of hydrogen-bond acceptors (Lipinski definition) is 9. The second kappa shape index (κ2) is 17.0. The summed E-state index contributed by atoms with van der Waals surface area (Å²) in [4.78, 5) is 69.3. The number of aryl methyl sites for hydroxylation is 1. The molecule has 2 saturated heterocycles. The molecule has 0 aromatic heterocycles. The van der Waals surface area contributed by atoms with E-state index in [1.54, 1.807) is 18.2 Å². The number of nitrogens with one attached hydrogen (secondary N) is 2. The van der Waals surface area contributed by atoms with Crippen molar-refractivity contribution in [3.63, 3.8) is 0 Å². The average Bonchev–Trinajstić information content (AvgIpc) is 3.47. The Morgan fingerprint density at radius 3 is 2.20 bits per heavy atom. The van der Waals surface area contributed by atoms with Crippen LogP contribution in [-0.2, 0) is 22.2 Å². The van der Waals surface area contributed by atoms with Crippen molar-refractivity contribution in [1.29, 1.82) is 5.26 Å². The van der Waals surface area contributed by atoms with E-state index >= 15 is 0 Å². The molecule has 2 N–H and O–H groups in total. The van der Waals surface area contributed by atoms with E-state index in [4.69, 9.17) is 10.00 Å². The second-order valence-electron chi connectivity index (χ2n) is 17.7. The van der Waals surface area contributed by atoms with Gasteiger partial charge in [0.25, 0.3) is 17.7 Å². The van der Waals surface area contributed by atoms with Crippen LogP contribution in [0.2, 0.25) is 0 Å². The summed E-state index contributed by atoms with van der Waals surface area (Å²) in [6, 6.07) is 16.5. The summed E-state index contributed by atoms with van der Waals surface area (Å²) in [7, 11) is 0. The quantitative estimate of drug-likeness (QED) is 0.145. The normalized spacial score (nSPS) is 22.3. The van der Waals surface area contributed by atoms with E-state index in [0.29, 0.717) is 5.56 Å². The molecule has 7 rings (SSSR count). The number of unbranched alkanes of at least 4 members (excludes halogenated alkanes) is 3. The van der Waals surface area contributed by atoms with Gasteiger partial charge in [-0.2, -0.15) is 18.4 Å². The standard InChI is InChI=1S/C46H51F3N6O6/c1-44(2)42(45(3,4)43(44)61-32-16-14-30(27-50)35(26-32)46(47,48)49)52-38(57)29-12-10-28(11-13-29)9-7-5-6-8-20-53-21-23-54(24-22-53)31-15-17-33-34(25-31)41(60)55(40(33)59)36-18-19-37(56)51-39(36)58/h10-17,25-26,36,42-43H,5-9,18-24H2,1-4H3,(H,52,57)(H,51,56,58). The van der Waals surface area contributed by atoms with Gasteiger partial charge in [-0.15, -0.1) is 0 Å². The minimum absolute atomic E-state index is 0.0201. The molecule has 4 aliphatic rings. The molecule has 5 amide bonds. The summed E-state index contributed by atoms with van der Waals surface area (Å²) >= 11 is 0. The molecule has 3 aliphatic heterocycles. The molecule has 3 aromatic carbocycles. The van der Waals surface area contributed by atoms with E-state index in [1.807, 2.05) is 58.0 Å². The third-order valence-corrected chi connectivity index (χ3v) is 12.9. The third-order valence-electron chi connectivity index (χ3n) is 12.9. The Kier molecular flexibility index (Phi) is 12.0. The van der Waals surface area contributed by atoms with Crippen molar-refractivity contribution in [3.8, 4) is 11.8 Å². The van der Waals surface area contributed by atoms with E-state index in [9.17, 15) is 37.1 Å². The van der Waals surface area contributed by atoms with E-state index < -0.39 is 63.9 Å². The minimum Gasteiger partial charge on any atom is -0.489 e. The number of benzene rings is 3. The maximum Gasteiger partial charge on any atom is 0.417 e. The van der Waals surface area contributed by atoms with Crippen molar-refractivity contribution in [2.75, 3.05) is 37.6 Å². The van der Waals surface area contributed by atoms with Gasteiger partial charge in [0.2, 0.25) is 11.8 Å². The molecule has 1 unspecified atom stereocenters. The molecule has 0 bridgehead atoms. The Labute approximate surface area is 353 Å². The van der Waals surface area contributed by atoms with Crippen LogP contribution in [0, 0.1) is 22.2 Å². The van der Waals surface area contributed by atoms with E-state index in [2.05, 4.69) is 20.4 Å². The maximum atomic E-state index is 13.6. The Balaban J connectivity index is 0.808. The van der Waals surface area contributed by atoms with Crippen LogP contribution in [0.4, 0.5) is 18.9 Å². The number of piperazine rings is 1. The number of rotatable bonds is 13. The Morgan fingerprint density at radius 1 is 0.869 bits per heavy atom. The summed E-state index contributed by atoms with van der Waals surface area (Å²) in [5.41, 5.74) is 0.397. The van der Waals surface area contributed by atoms with Crippen LogP contribution in [0.1, 0.15) is 114 Å². The fraction of sp³-hybridized carbons (Fsp3) is 0.478. The van der Waals surface area contributed by atoms with Crippen molar-refractivity contribution in [3.05, 3.63) is 94.0 Å². The first-order valence-corrected chi connectivity index (χ1v) is 20.9. The van der Waals surface area contributed by atoms with Crippen LogP contribution >= 0.6 is 0 Å². The Hall–Kier alpha value is -5.75. The lowest BCUT2D eigenvalue weighted by molar-refractivity contribution is -0.164. The number of piperidine rings is 1. The molecular formula is C46H51F3N6O6. The van der Waals surface area contributed by atoms with Gasteiger partial charge < -0.3 is 15.0 Å². The van der Waals surface area contributed by atoms with Crippen LogP contribution < -0.4 is 20.3 Å². The first-order valence-electron chi connectivity index (χ1n) is 20.9. The second-order valence-corrected chi connectivity index (χ2v) is 17.7. The molecule has 3 aromatic rings. The molecule has 0 spiro atoms. The lowest BCUT2D eigenvalue weighted by Gasteiger charge is -2.63. The molecular weight excluding hydrogens is 790 g/mol. The lowest BCUT2D eigenvalue weighted by Crippen LogP contribution is -2.74. The highest BCUT2D eigenvalue weighted by Crippen LogP contribution is 2.55. The third kappa shape index (κ3) is 8.73. The van der Waals surface area contributed by atoms with Crippen molar-refractivity contribution in [2.24, 2.45) is 10.8 Å². The number of nitriles is 1. The van der Waals surface area contributed by atoms with Crippen LogP contribution in [0.25, 0.3) is 0 Å². The highest BCUT2D eigenvalue weighted by molar-refractivity contribution is 6.23. The number of anilines is 1. The number of alkyl halides is 3. The molecule has 1 atom stereocenters. The van der Waals surface area contributed by atoms with Crippen molar-refractivity contribution >= 4 is 35.2 Å². The molecule has 1 aliphatic carbocycles. The first kappa shape index (κ1) is 43.3. The SMILES string of the molecule is CC1(C)C(NC(=O)c2ccc(CCCCCCN3CCN(c4ccc5c(c4)C(=O)N(C4CCC(=O)NC4=O)C5=O)CC3)cc2)C(C)(C)C1Oc1ccc(C#N)c(C(F)(F)F)c1. The molecule has 0 radical (unpaired) electrons. The van der Waals surface area contributed by atoms with Gasteiger partial charge in [0.1, 0.15) is 17.9 Å². The van der Waals surface area contributed by atoms with Gasteiger partial charge in [-0.05, 0) is 86.3 Å². The Morgan fingerprint density at radius 2 is 1.54 bits per heavy atom. The van der Waals surface area contributed by atoms with Crippen LogP contribution in [0.3, 0.4) is 0 Å². The van der Waals surface area contributed by atoms with Crippen LogP contribution in [0.15, 0.2) is 60.7 Å². The van der Waals surface area contributed by atoms with Crippen molar-refractivity contribution < 1.29 is 41.9 Å². The van der Waals surface area contributed by atoms with Gasteiger partial charge in [0, 0.05) is 60.7 Å². The fourth-order valence-electron chi connectivity index (χ4n) is 9.81. The maximum absolute atomic E-state index is 13.6. The monoisotopic (exact) mass is 840 g/mol. The summed E-state index contributed by atoms with van der Waals surface area (Å²) in [6.07, 6.45) is 0.178. The van der Waals surface area contributed by atoms with Gasteiger partial charge in [0.15, 0.2) is 0 Å². The van der Waals surface area contributed by atoms with E-state index in [-0.39, 0.29) is 41.7 Å². The zero-order valence-electron chi connectivity index (χ0n) is 34.9. The van der Waals surface area contributed by atoms with Gasteiger partial charge in [0.05, 0.1) is 28.3 Å². The molecule has 61 heavy (non-hydrogen) atoms. The van der Waals surface area contributed by atoms with Crippen molar-refractivity contribution in [1.82, 2.24) is 20.4 Å². The molecule has 3 fully saturated rings. The number of carbonyl (C=O) groups excluding carboxylic acids is 5. The average molecular weight is 841 g/mol. The molecule has 12 nitrogen and oxygen atoms in total. The largest absolute Gasteiger partial charge is 0.489 e. The minimum atomic E-state index is -4.69. The predicted molar refractivity (Wildman–Crippen MR) is 220 cm³/mol. The number of ether oxygens (including phenoxy) is 1. The number of hydrogen-bond donors (Lipinski definition) is 2. The number of halogens is 3. The zero-order valence-corrected chi connectivity index (χ0v) is 34.9. The van der Waals surface area contributed by atoms with Crippen molar-refractivity contribution in [2.45, 2.75) is 97.0 Å². The van der Waals surface area contributed by atoms with Gasteiger partial charge in [-0.1, -0.05) is 52.7 Å².